The first-order valence-corrected chi connectivity index (χ1v) is 7.25. The van der Waals surface area contributed by atoms with Gasteiger partial charge in [0, 0.05) is 6.08 Å². The molecule has 4 heteroatoms. The van der Waals surface area contributed by atoms with Crippen LogP contribution in [0.2, 0.25) is 19.6 Å². The summed E-state index contributed by atoms with van der Waals surface area (Å²) in [4.78, 5) is 10.6. The minimum Gasteiger partial charge on any atom is -0.466 e. The lowest BCUT2D eigenvalue weighted by Crippen LogP contribution is -2.25. The van der Waals surface area contributed by atoms with Gasteiger partial charge >= 0.3 is 5.97 Å². The Balaban J connectivity index is 3.56. The van der Waals surface area contributed by atoms with Crippen LogP contribution >= 0.6 is 0 Å². The number of ether oxygens (including phenoxy) is 1. The molecule has 0 bridgehead atoms. The van der Waals surface area contributed by atoms with Gasteiger partial charge in [0.2, 0.25) is 0 Å². The maximum absolute atomic E-state index is 10.6. The minimum atomic E-state index is -1.44. The van der Waals surface area contributed by atoms with Gasteiger partial charge in [0.05, 0.1) is 13.7 Å². The third-order valence-corrected chi connectivity index (χ3v) is 2.10. The number of carbonyl (C=O) groups excluding carboxylic acids is 1. The molecule has 0 spiro atoms. The molecular weight excluding hydrogens is 172 g/mol. The SMILES string of the molecule is COC(=O)/C=C/CO[Si](C)(C)C. The van der Waals surface area contributed by atoms with Gasteiger partial charge in [-0.25, -0.2) is 4.79 Å². The van der Waals surface area contributed by atoms with Crippen molar-refractivity contribution in [3.63, 3.8) is 0 Å². The Morgan fingerprint density at radius 2 is 2.00 bits per heavy atom. The van der Waals surface area contributed by atoms with Gasteiger partial charge in [-0.3, -0.25) is 0 Å². The molecule has 0 heterocycles. The van der Waals surface area contributed by atoms with E-state index in [1.807, 2.05) is 0 Å². The van der Waals surface area contributed by atoms with E-state index in [9.17, 15) is 4.79 Å². The zero-order chi connectivity index (χ0) is 9.61. The number of rotatable bonds is 4. The van der Waals surface area contributed by atoms with Gasteiger partial charge in [0.15, 0.2) is 8.32 Å². The molecule has 0 N–H and O–H groups in total. The molecule has 0 aromatic heterocycles. The quantitative estimate of drug-likeness (QED) is 0.381. The summed E-state index contributed by atoms with van der Waals surface area (Å²) in [5, 5.41) is 0. The second kappa shape index (κ2) is 5.11. The third kappa shape index (κ3) is 7.49. The van der Waals surface area contributed by atoms with E-state index in [2.05, 4.69) is 24.4 Å². The van der Waals surface area contributed by atoms with Crippen molar-refractivity contribution < 1.29 is 14.0 Å². The normalized spacial score (nSPS) is 12.0. The van der Waals surface area contributed by atoms with Crippen molar-refractivity contribution in [2.24, 2.45) is 0 Å². The van der Waals surface area contributed by atoms with E-state index in [-0.39, 0.29) is 5.97 Å². The van der Waals surface area contributed by atoms with Crippen LogP contribution in [0.1, 0.15) is 0 Å². The first-order chi connectivity index (χ1) is 5.45. The summed E-state index contributed by atoms with van der Waals surface area (Å²) in [6.07, 6.45) is 3.05. The fourth-order valence-electron chi connectivity index (χ4n) is 0.510. The van der Waals surface area contributed by atoms with E-state index in [4.69, 9.17) is 4.43 Å². The smallest absolute Gasteiger partial charge is 0.330 e. The van der Waals surface area contributed by atoms with Gasteiger partial charge in [-0.15, -0.1) is 0 Å². The Bertz CT molecular complexity index is 170. The molecule has 0 atom stereocenters. The Morgan fingerprint density at radius 3 is 2.42 bits per heavy atom. The van der Waals surface area contributed by atoms with Gasteiger partial charge < -0.3 is 9.16 Å². The molecule has 70 valence electrons. The monoisotopic (exact) mass is 188 g/mol. The lowest BCUT2D eigenvalue weighted by atomic mass is 10.5. The van der Waals surface area contributed by atoms with Gasteiger partial charge in [-0.1, -0.05) is 6.08 Å². The summed E-state index contributed by atoms with van der Waals surface area (Å²) >= 11 is 0. The summed E-state index contributed by atoms with van der Waals surface area (Å²) in [5.74, 6) is -0.339. The topological polar surface area (TPSA) is 35.5 Å². The van der Waals surface area contributed by atoms with Crippen LogP contribution < -0.4 is 0 Å². The van der Waals surface area contributed by atoms with E-state index in [1.54, 1.807) is 6.08 Å². The largest absolute Gasteiger partial charge is 0.466 e. The van der Waals surface area contributed by atoms with E-state index < -0.39 is 8.32 Å². The van der Waals surface area contributed by atoms with Crippen molar-refractivity contribution in [2.75, 3.05) is 13.7 Å². The summed E-state index contributed by atoms with van der Waals surface area (Å²) in [5.41, 5.74) is 0. The molecule has 0 saturated carbocycles. The van der Waals surface area contributed by atoms with Crippen LogP contribution in [0.3, 0.4) is 0 Å². The lowest BCUT2D eigenvalue weighted by molar-refractivity contribution is -0.134. The average Bonchev–Trinajstić information content (AvgIpc) is 1.96. The van der Waals surface area contributed by atoms with E-state index in [0.717, 1.165) is 0 Å². The molecule has 0 saturated heterocycles. The highest BCUT2D eigenvalue weighted by Crippen LogP contribution is 2.01. The molecule has 0 aliphatic rings. The van der Waals surface area contributed by atoms with Crippen LogP contribution in [-0.4, -0.2) is 28.0 Å². The predicted molar refractivity (Wildman–Crippen MR) is 50.5 cm³/mol. The van der Waals surface area contributed by atoms with E-state index >= 15 is 0 Å². The lowest BCUT2D eigenvalue weighted by Gasteiger charge is -2.14. The van der Waals surface area contributed by atoms with Crippen LogP contribution in [-0.2, 0) is 14.0 Å². The van der Waals surface area contributed by atoms with Gasteiger partial charge in [0.25, 0.3) is 0 Å². The van der Waals surface area contributed by atoms with E-state index in [1.165, 1.54) is 13.2 Å². The molecule has 0 radical (unpaired) electrons. The number of esters is 1. The van der Waals surface area contributed by atoms with Crippen LogP contribution in [0.15, 0.2) is 12.2 Å². The summed E-state index contributed by atoms with van der Waals surface area (Å²) < 4.78 is 9.88. The second-order valence-electron chi connectivity index (χ2n) is 3.35. The number of hydrogen-bond donors (Lipinski definition) is 0. The molecule has 0 aromatic rings. The minimum absolute atomic E-state index is 0.339. The Hall–Kier alpha value is -0.613. The van der Waals surface area contributed by atoms with Gasteiger partial charge in [-0.2, -0.15) is 0 Å². The average molecular weight is 188 g/mol. The molecule has 0 amide bonds. The van der Waals surface area contributed by atoms with Crippen molar-refractivity contribution in [1.29, 1.82) is 0 Å². The Morgan fingerprint density at radius 1 is 1.42 bits per heavy atom. The Labute approximate surface area is 74.5 Å². The summed E-state index contributed by atoms with van der Waals surface area (Å²) in [7, 11) is -0.0896. The van der Waals surface area contributed by atoms with Crippen LogP contribution in [0, 0.1) is 0 Å². The van der Waals surface area contributed by atoms with Gasteiger partial charge in [0.1, 0.15) is 0 Å². The zero-order valence-corrected chi connectivity index (χ0v) is 9.09. The van der Waals surface area contributed by atoms with Crippen molar-refractivity contribution >= 4 is 14.3 Å². The molecule has 3 nitrogen and oxygen atoms in total. The fraction of sp³-hybridized carbons (Fsp3) is 0.625. The standard InChI is InChI=1S/C8H16O3Si/c1-10-8(9)6-5-7-11-12(2,3)4/h5-6H,7H2,1-4H3/b6-5+. The molecule has 0 aliphatic heterocycles. The van der Waals surface area contributed by atoms with Crippen LogP contribution in [0.5, 0.6) is 0 Å². The second-order valence-corrected chi connectivity index (χ2v) is 7.86. The summed E-state index contributed by atoms with van der Waals surface area (Å²) in [6, 6.07) is 0. The van der Waals surface area contributed by atoms with Crippen molar-refractivity contribution in [3.8, 4) is 0 Å². The number of carbonyl (C=O) groups is 1. The van der Waals surface area contributed by atoms with Crippen molar-refractivity contribution in [2.45, 2.75) is 19.6 Å². The van der Waals surface area contributed by atoms with Crippen LogP contribution in [0.25, 0.3) is 0 Å². The maximum atomic E-state index is 10.6. The highest BCUT2D eigenvalue weighted by molar-refractivity contribution is 6.69. The first-order valence-electron chi connectivity index (χ1n) is 3.84. The molecular formula is C8H16O3Si. The maximum Gasteiger partial charge on any atom is 0.330 e. The number of hydrogen-bond acceptors (Lipinski definition) is 3. The molecule has 0 rings (SSSR count). The molecule has 0 aromatic carbocycles. The highest BCUT2D eigenvalue weighted by Gasteiger charge is 2.12. The summed E-state index contributed by atoms with van der Waals surface area (Å²) in [6.45, 7) is 6.78. The third-order valence-electron chi connectivity index (χ3n) is 1.07. The highest BCUT2D eigenvalue weighted by atomic mass is 28.4. The van der Waals surface area contributed by atoms with Crippen LogP contribution in [0.4, 0.5) is 0 Å². The van der Waals surface area contributed by atoms with Gasteiger partial charge in [-0.05, 0) is 19.6 Å². The van der Waals surface area contributed by atoms with Crippen molar-refractivity contribution in [3.05, 3.63) is 12.2 Å². The predicted octanol–water partition coefficient (Wildman–Crippen LogP) is 1.57. The molecule has 0 fully saturated rings. The first kappa shape index (κ1) is 11.4. The Kier molecular flexibility index (Phi) is 4.85. The fourth-order valence-corrected chi connectivity index (χ4v) is 1.11. The molecule has 0 aliphatic carbocycles. The van der Waals surface area contributed by atoms with Crippen molar-refractivity contribution in [1.82, 2.24) is 0 Å². The number of methoxy groups -OCH3 is 1. The molecule has 12 heavy (non-hydrogen) atoms. The molecule has 0 unspecified atom stereocenters. The van der Waals surface area contributed by atoms with E-state index in [0.29, 0.717) is 6.61 Å². The zero-order valence-electron chi connectivity index (χ0n) is 8.09.